The number of quaternary nitrogens is 1. The van der Waals surface area contributed by atoms with Crippen LogP contribution in [0.25, 0.3) is 10.9 Å². The summed E-state index contributed by atoms with van der Waals surface area (Å²) in [5, 5.41) is 12.5. The highest BCUT2D eigenvalue weighted by Gasteiger charge is 2.53. The van der Waals surface area contributed by atoms with Gasteiger partial charge in [-0.2, -0.15) is 0 Å². The summed E-state index contributed by atoms with van der Waals surface area (Å²) in [4.78, 5) is 4.47. The fourth-order valence-electron chi connectivity index (χ4n) is 5.38. The van der Waals surface area contributed by atoms with Crippen LogP contribution in [0.1, 0.15) is 31.4 Å². The van der Waals surface area contributed by atoms with Gasteiger partial charge in [0, 0.05) is 30.3 Å². The molecule has 27 heavy (non-hydrogen) atoms. The maximum absolute atomic E-state index is 11.5. The Hall–Kier alpha value is -1.62. The molecule has 1 aromatic heterocycles. The standard InChI is InChI=1S/C22H29N2O2.ClH/c1-4-15-14-24(5-2)11-9-16(15)12-21(24)22(25)18-8-10-23-20-7-6-17(26-3)13-19(18)20;/h4,6-8,10,13,15-16,21-22,25H,1,5,9,11-12,14H2,2-3H3;1H/q+1;/p-1/t15?,16?,21-,22-,24?;/m0./s1. The number of fused-ring (bicyclic) bond motifs is 4. The Balaban J connectivity index is 0.00000210. The first-order valence-corrected chi connectivity index (χ1v) is 9.71. The largest absolute Gasteiger partial charge is 1.00 e. The van der Waals surface area contributed by atoms with E-state index in [-0.39, 0.29) is 18.4 Å². The average Bonchev–Trinajstić information content (AvgIpc) is 2.72. The van der Waals surface area contributed by atoms with E-state index < -0.39 is 6.10 Å². The minimum absolute atomic E-state index is 0. The molecule has 5 atom stereocenters. The summed E-state index contributed by atoms with van der Waals surface area (Å²) in [6, 6.07) is 8.11. The van der Waals surface area contributed by atoms with Crippen LogP contribution in [0.15, 0.2) is 43.1 Å². The van der Waals surface area contributed by atoms with Crippen LogP contribution in [-0.4, -0.2) is 47.4 Å². The monoisotopic (exact) mass is 388 g/mol. The molecule has 1 aromatic carbocycles. The van der Waals surface area contributed by atoms with E-state index in [1.54, 1.807) is 7.11 Å². The number of hydrogen-bond donors (Lipinski definition) is 1. The molecule has 0 radical (unpaired) electrons. The molecule has 4 nitrogen and oxygen atoms in total. The van der Waals surface area contributed by atoms with Crippen molar-refractivity contribution in [1.82, 2.24) is 4.98 Å². The predicted molar refractivity (Wildman–Crippen MR) is 104 cm³/mol. The fraction of sp³-hybridized carbons (Fsp3) is 0.500. The first-order valence-electron chi connectivity index (χ1n) is 9.71. The van der Waals surface area contributed by atoms with E-state index in [0.717, 1.165) is 46.2 Å². The van der Waals surface area contributed by atoms with Gasteiger partial charge in [-0.3, -0.25) is 4.98 Å². The van der Waals surface area contributed by atoms with Crippen molar-refractivity contribution in [1.29, 1.82) is 0 Å². The highest BCUT2D eigenvalue weighted by molar-refractivity contribution is 5.83. The molecule has 2 aromatic rings. The Kier molecular flexibility index (Phi) is 5.80. The second-order valence-corrected chi connectivity index (χ2v) is 7.92. The number of piperidine rings is 3. The van der Waals surface area contributed by atoms with Crippen molar-refractivity contribution in [3.63, 3.8) is 0 Å². The van der Waals surface area contributed by atoms with Crippen LogP contribution in [0.3, 0.4) is 0 Å². The summed E-state index contributed by atoms with van der Waals surface area (Å²) < 4.78 is 6.40. The molecule has 2 bridgehead atoms. The third kappa shape index (κ3) is 3.24. The van der Waals surface area contributed by atoms with Gasteiger partial charge in [-0.05, 0) is 42.7 Å². The molecule has 5 heteroatoms. The summed E-state index contributed by atoms with van der Waals surface area (Å²) in [7, 11) is 1.67. The van der Waals surface area contributed by atoms with Crippen molar-refractivity contribution in [3.05, 3.63) is 48.7 Å². The lowest BCUT2D eigenvalue weighted by atomic mass is 9.71. The molecule has 0 saturated carbocycles. The van der Waals surface area contributed by atoms with E-state index in [4.69, 9.17) is 4.74 Å². The zero-order valence-electron chi connectivity index (χ0n) is 16.1. The highest BCUT2D eigenvalue weighted by Crippen LogP contribution is 2.46. The van der Waals surface area contributed by atoms with Gasteiger partial charge in [0.25, 0.3) is 0 Å². The van der Waals surface area contributed by atoms with Crippen LogP contribution < -0.4 is 17.1 Å². The number of aliphatic hydroxyl groups excluding tert-OH is 1. The van der Waals surface area contributed by atoms with E-state index in [1.807, 2.05) is 30.5 Å². The molecule has 0 aliphatic carbocycles. The molecule has 0 amide bonds. The Bertz CT molecular complexity index is 827. The lowest BCUT2D eigenvalue weighted by Gasteiger charge is -2.57. The second-order valence-electron chi connectivity index (χ2n) is 7.92. The van der Waals surface area contributed by atoms with Gasteiger partial charge in [0.2, 0.25) is 0 Å². The van der Waals surface area contributed by atoms with Gasteiger partial charge in [-0.15, -0.1) is 6.58 Å². The third-order valence-electron chi connectivity index (χ3n) is 6.97. The molecular weight excluding hydrogens is 360 g/mol. The molecular formula is C22H29ClN2O2. The van der Waals surface area contributed by atoms with Crippen LogP contribution >= 0.6 is 0 Å². The van der Waals surface area contributed by atoms with E-state index >= 15 is 0 Å². The number of benzene rings is 1. The van der Waals surface area contributed by atoms with E-state index in [9.17, 15) is 5.11 Å². The maximum atomic E-state index is 11.5. The lowest BCUT2D eigenvalue weighted by Crippen LogP contribution is -3.00. The highest BCUT2D eigenvalue weighted by atomic mass is 35.5. The molecule has 1 N–H and O–H groups in total. The van der Waals surface area contributed by atoms with Gasteiger partial charge in [0.05, 0.1) is 32.3 Å². The summed E-state index contributed by atoms with van der Waals surface area (Å²) in [6.45, 7) is 9.66. The Morgan fingerprint density at radius 1 is 1.41 bits per heavy atom. The second kappa shape index (κ2) is 7.78. The molecule has 146 valence electrons. The zero-order valence-corrected chi connectivity index (χ0v) is 16.9. The molecule has 0 spiro atoms. The van der Waals surface area contributed by atoms with Crippen molar-refractivity contribution < 1.29 is 26.7 Å². The van der Waals surface area contributed by atoms with Crippen molar-refractivity contribution in [2.45, 2.75) is 31.9 Å². The molecule has 5 rings (SSSR count). The molecule has 3 aliphatic heterocycles. The van der Waals surface area contributed by atoms with Crippen LogP contribution in [0.4, 0.5) is 0 Å². The number of halogens is 1. The number of aliphatic hydroxyl groups is 1. The summed E-state index contributed by atoms with van der Waals surface area (Å²) in [6.07, 6.45) is 5.79. The van der Waals surface area contributed by atoms with E-state index in [2.05, 4.69) is 24.6 Å². The first kappa shape index (κ1) is 20.1. The van der Waals surface area contributed by atoms with Gasteiger partial charge < -0.3 is 26.7 Å². The molecule has 3 saturated heterocycles. The Morgan fingerprint density at radius 3 is 2.93 bits per heavy atom. The molecule has 3 unspecified atom stereocenters. The normalized spacial score (nSPS) is 30.6. The molecule has 3 fully saturated rings. The van der Waals surface area contributed by atoms with E-state index in [1.165, 1.54) is 13.0 Å². The van der Waals surface area contributed by atoms with Crippen molar-refractivity contribution in [3.8, 4) is 5.75 Å². The SMILES string of the molecule is C=CC1C[N+]2(CC)CCC1C[C@H]2[C@@H](O)c1ccnc2ccc(OC)cc12.[Cl-]. The Labute approximate surface area is 167 Å². The number of likely N-dealkylation sites (N-methyl/N-ethyl adjacent to an activating group) is 1. The number of pyridine rings is 1. The predicted octanol–water partition coefficient (Wildman–Crippen LogP) is 0.712. The third-order valence-corrected chi connectivity index (χ3v) is 6.97. The van der Waals surface area contributed by atoms with Gasteiger partial charge in [-0.1, -0.05) is 6.08 Å². The number of ether oxygens (including phenoxy) is 1. The van der Waals surface area contributed by atoms with Crippen molar-refractivity contribution >= 4 is 10.9 Å². The summed E-state index contributed by atoms with van der Waals surface area (Å²) in [5.41, 5.74) is 1.89. The number of rotatable bonds is 5. The van der Waals surface area contributed by atoms with Gasteiger partial charge in [-0.25, -0.2) is 0 Å². The lowest BCUT2D eigenvalue weighted by molar-refractivity contribution is -0.971. The van der Waals surface area contributed by atoms with Crippen LogP contribution in [0, 0.1) is 11.8 Å². The topological polar surface area (TPSA) is 42.4 Å². The van der Waals surface area contributed by atoms with Gasteiger partial charge in [0.15, 0.2) is 0 Å². The summed E-state index contributed by atoms with van der Waals surface area (Å²) >= 11 is 0. The number of aromatic nitrogens is 1. The minimum atomic E-state index is -0.485. The zero-order chi connectivity index (χ0) is 18.3. The maximum Gasteiger partial charge on any atom is 0.131 e. The Morgan fingerprint density at radius 2 is 2.22 bits per heavy atom. The quantitative estimate of drug-likeness (QED) is 0.606. The number of methoxy groups -OCH3 is 1. The van der Waals surface area contributed by atoms with Crippen LogP contribution in [-0.2, 0) is 0 Å². The molecule has 4 heterocycles. The smallest absolute Gasteiger partial charge is 0.131 e. The minimum Gasteiger partial charge on any atom is -1.00 e. The van der Waals surface area contributed by atoms with E-state index in [0.29, 0.717) is 11.8 Å². The fourth-order valence-corrected chi connectivity index (χ4v) is 5.38. The van der Waals surface area contributed by atoms with Crippen LogP contribution in [0.2, 0.25) is 0 Å². The number of hydrogen-bond acceptors (Lipinski definition) is 3. The van der Waals surface area contributed by atoms with Crippen molar-refractivity contribution in [2.75, 3.05) is 26.7 Å². The van der Waals surface area contributed by atoms with Gasteiger partial charge >= 0.3 is 0 Å². The first-order chi connectivity index (χ1) is 12.6. The van der Waals surface area contributed by atoms with Crippen molar-refractivity contribution in [2.24, 2.45) is 11.8 Å². The summed E-state index contributed by atoms with van der Waals surface area (Å²) in [5.74, 6) is 2.04. The number of nitrogens with zero attached hydrogens (tertiary/aromatic N) is 2. The van der Waals surface area contributed by atoms with Crippen LogP contribution in [0.5, 0.6) is 5.75 Å². The average molecular weight is 389 g/mol. The van der Waals surface area contributed by atoms with Gasteiger partial charge in [0.1, 0.15) is 17.9 Å². The molecule has 3 aliphatic rings.